The van der Waals surface area contributed by atoms with Crippen molar-refractivity contribution in [2.45, 2.75) is 26.9 Å². The van der Waals surface area contributed by atoms with Crippen LogP contribution in [0.4, 0.5) is 5.69 Å². The summed E-state index contributed by atoms with van der Waals surface area (Å²) >= 11 is 0. The van der Waals surface area contributed by atoms with Gasteiger partial charge in [-0.1, -0.05) is 0 Å². The first-order chi connectivity index (χ1) is 9.17. The molecule has 2 heterocycles. The normalized spacial score (nSPS) is 10.9. The minimum absolute atomic E-state index is 0.793. The van der Waals surface area contributed by atoms with Crippen LogP contribution in [0.15, 0.2) is 34.9 Å². The summed E-state index contributed by atoms with van der Waals surface area (Å²) in [7, 11) is 2.07. The van der Waals surface area contributed by atoms with E-state index in [9.17, 15) is 0 Å². The van der Waals surface area contributed by atoms with Crippen LogP contribution in [0.2, 0.25) is 0 Å². The molecular formula is C15H21N3O. The van der Waals surface area contributed by atoms with Gasteiger partial charge in [-0.25, -0.2) is 0 Å². The van der Waals surface area contributed by atoms with Crippen LogP contribution in [0.1, 0.15) is 24.1 Å². The third kappa shape index (κ3) is 4.10. The van der Waals surface area contributed by atoms with Gasteiger partial charge in [-0.3, -0.25) is 9.88 Å². The number of hydrogen-bond acceptors (Lipinski definition) is 4. The molecule has 2 rings (SSSR count). The van der Waals surface area contributed by atoms with Crippen molar-refractivity contribution >= 4 is 5.69 Å². The fraction of sp³-hybridized carbons (Fsp3) is 0.400. The highest BCUT2D eigenvalue weighted by molar-refractivity contribution is 5.42. The van der Waals surface area contributed by atoms with E-state index < -0.39 is 0 Å². The van der Waals surface area contributed by atoms with Gasteiger partial charge in [-0.2, -0.15) is 0 Å². The van der Waals surface area contributed by atoms with Gasteiger partial charge in [0.1, 0.15) is 11.5 Å². The second-order valence-corrected chi connectivity index (χ2v) is 4.75. The Bertz CT molecular complexity index is 522. The smallest absolute Gasteiger partial charge is 0.118 e. The molecule has 0 bridgehead atoms. The second-order valence-electron chi connectivity index (χ2n) is 4.75. The average Bonchev–Trinajstić information content (AvgIpc) is 2.75. The summed E-state index contributed by atoms with van der Waals surface area (Å²) < 4.78 is 5.58. The lowest BCUT2D eigenvalue weighted by Crippen LogP contribution is -2.17. The number of nitrogens with zero attached hydrogens (tertiary/aromatic N) is 2. The van der Waals surface area contributed by atoms with Crippen LogP contribution >= 0.6 is 0 Å². The molecular weight excluding hydrogens is 238 g/mol. The minimum atomic E-state index is 0.793. The Balaban J connectivity index is 1.94. The molecule has 0 saturated carbocycles. The van der Waals surface area contributed by atoms with Gasteiger partial charge in [0.2, 0.25) is 0 Å². The Labute approximate surface area is 114 Å². The van der Waals surface area contributed by atoms with Crippen molar-refractivity contribution in [1.82, 2.24) is 9.88 Å². The molecule has 0 aliphatic carbocycles. The van der Waals surface area contributed by atoms with Gasteiger partial charge in [-0.05, 0) is 45.2 Å². The lowest BCUT2D eigenvalue weighted by atomic mass is 10.3. The van der Waals surface area contributed by atoms with Crippen molar-refractivity contribution in [3.05, 3.63) is 47.7 Å². The molecule has 0 radical (unpaired) electrons. The molecule has 0 aliphatic rings. The first-order valence-electron chi connectivity index (χ1n) is 6.60. The maximum atomic E-state index is 5.58. The number of aromatic nitrogens is 1. The highest BCUT2D eigenvalue weighted by Gasteiger charge is 2.06. The van der Waals surface area contributed by atoms with Gasteiger partial charge in [0, 0.05) is 25.0 Å². The van der Waals surface area contributed by atoms with Crippen LogP contribution in [-0.4, -0.2) is 23.5 Å². The number of furan rings is 1. The standard InChI is InChI=1S/C15H21N3O/c1-4-16-13-7-8-17-14(9-13)10-18(3)11-15-6-5-12(2)19-15/h5-9H,4,10-11H2,1-3H3,(H,16,17). The summed E-state index contributed by atoms with van der Waals surface area (Å²) in [6.07, 6.45) is 1.85. The lowest BCUT2D eigenvalue weighted by Gasteiger charge is -2.15. The Morgan fingerprint density at radius 3 is 2.79 bits per heavy atom. The summed E-state index contributed by atoms with van der Waals surface area (Å²) in [5, 5.41) is 3.30. The van der Waals surface area contributed by atoms with E-state index in [4.69, 9.17) is 4.42 Å². The summed E-state index contributed by atoms with van der Waals surface area (Å²) in [6.45, 7) is 6.57. The molecule has 0 saturated heterocycles. The number of rotatable bonds is 6. The van der Waals surface area contributed by atoms with Gasteiger partial charge in [0.15, 0.2) is 0 Å². The van der Waals surface area contributed by atoms with E-state index in [0.717, 1.165) is 42.5 Å². The van der Waals surface area contributed by atoms with Crippen molar-refractivity contribution < 1.29 is 4.42 Å². The Morgan fingerprint density at radius 1 is 1.26 bits per heavy atom. The predicted octanol–water partition coefficient (Wildman–Crippen LogP) is 3.05. The molecule has 0 aliphatic heterocycles. The monoisotopic (exact) mass is 259 g/mol. The maximum Gasteiger partial charge on any atom is 0.118 e. The molecule has 0 amide bonds. The van der Waals surface area contributed by atoms with Crippen molar-refractivity contribution in [1.29, 1.82) is 0 Å². The predicted molar refractivity (Wildman–Crippen MR) is 77.0 cm³/mol. The van der Waals surface area contributed by atoms with Gasteiger partial charge in [0.05, 0.1) is 12.2 Å². The fourth-order valence-electron chi connectivity index (χ4n) is 2.05. The van der Waals surface area contributed by atoms with Crippen LogP contribution < -0.4 is 5.32 Å². The number of anilines is 1. The number of pyridine rings is 1. The van der Waals surface area contributed by atoms with E-state index in [1.54, 1.807) is 0 Å². The van der Waals surface area contributed by atoms with Crippen LogP contribution in [0.25, 0.3) is 0 Å². The zero-order valence-corrected chi connectivity index (χ0v) is 11.8. The topological polar surface area (TPSA) is 41.3 Å². The maximum absolute atomic E-state index is 5.58. The molecule has 0 fully saturated rings. The molecule has 19 heavy (non-hydrogen) atoms. The number of hydrogen-bond donors (Lipinski definition) is 1. The molecule has 0 atom stereocenters. The van der Waals surface area contributed by atoms with E-state index in [1.807, 2.05) is 31.3 Å². The quantitative estimate of drug-likeness (QED) is 0.865. The first kappa shape index (κ1) is 13.6. The van der Waals surface area contributed by atoms with Gasteiger partial charge < -0.3 is 9.73 Å². The van der Waals surface area contributed by atoms with Gasteiger partial charge in [0.25, 0.3) is 0 Å². The summed E-state index contributed by atoms with van der Waals surface area (Å²) in [5.41, 5.74) is 2.18. The fourth-order valence-corrected chi connectivity index (χ4v) is 2.05. The summed E-state index contributed by atoms with van der Waals surface area (Å²) in [5.74, 6) is 1.94. The Morgan fingerprint density at radius 2 is 2.11 bits per heavy atom. The average molecular weight is 259 g/mol. The molecule has 4 heteroatoms. The molecule has 4 nitrogen and oxygen atoms in total. The van der Waals surface area contributed by atoms with E-state index in [0.29, 0.717) is 0 Å². The molecule has 2 aromatic heterocycles. The summed E-state index contributed by atoms with van der Waals surface area (Å²) in [6, 6.07) is 8.10. The molecule has 102 valence electrons. The van der Waals surface area contributed by atoms with Gasteiger partial charge in [-0.15, -0.1) is 0 Å². The minimum Gasteiger partial charge on any atom is -0.465 e. The van der Waals surface area contributed by atoms with Crippen LogP contribution in [0, 0.1) is 6.92 Å². The van der Waals surface area contributed by atoms with Crippen LogP contribution in [0.5, 0.6) is 0 Å². The molecule has 1 N–H and O–H groups in total. The van der Waals surface area contributed by atoms with E-state index in [1.165, 1.54) is 0 Å². The van der Waals surface area contributed by atoms with Gasteiger partial charge >= 0.3 is 0 Å². The van der Waals surface area contributed by atoms with E-state index in [-0.39, 0.29) is 0 Å². The SMILES string of the molecule is CCNc1ccnc(CN(C)Cc2ccc(C)o2)c1. The summed E-state index contributed by atoms with van der Waals surface area (Å²) in [4.78, 5) is 6.59. The molecule has 0 spiro atoms. The van der Waals surface area contributed by atoms with Crippen molar-refractivity contribution in [2.24, 2.45) is 0 Å². The zero-order valence-electron chi connectivity index (χ0n) is 11.8. The van der Waals surface area contributed by atoms with Crippen molar-refractivity contribution in [3.8, 4) is 0 Å². The largest absolute Gasteiger partial charge is 0.465 e. The highest BCUT2D eigenvalue weighted by atomic mass is 16.3. The lowest BCUT2D eigenvalue weighted by molar-refractivity contribution is 0.282. The molecule has 2 aromatic rings. The van der Waals surface area contributed by atoms with Crippen LogP contribution in [0.3, 0.4) is 0 Å². The number of aryl methyl sites for hydroxylation is 1. The second kappa shape index (κ2) is 6.38. The zero-order chi connectivity index (χ0) is 13.7. The third-order valence-electron chi connectivity index (χ3n) is 2.85. The van der Waals surface area contributed by atoms with Crippen molar-refractivity contribution in [2.75, 3.05) is 18.9 Å². The van der Waals surface area contributed by atoms with Crippen LogP contribution in [-0.2, 0) is 13.1 Å². The van der Waals surface area contributed by atoms with E-state index in [2.05, 4.69) is 35.2 Å². The highest BCUT2D eigenvalue weighted by Crippen LogP contribution is 2.12. The third-order valence-corrected chi connectivity index (χ3v) is 2.85. The Kier molecular flexibility index (Phi) is 4.58. The van der Waals surface area contributed by atoms with Crippen molar-refractivity contribution in [3.63, 3.8) is 0 Å². The van der Waals surface area contributed by atoms with E-state index >= 15 is 0 Å². The Hall–Kier alpha value is -1.81. The molecule has 0 unspecified atom stereocenters. The number of nitrogens with one attached hydrogen (secondary N) is 1. The first-order valence-corrected chi connectivity index (χ1v) is 6.60. The molecule has 0 aromatic carbocycles.